The Labute approximate surface area is 391 Å². The van der Waals surface area contributed by atoms with Crippen molar-refractivity contribution >= 4 is 59.6 Å². The lowest BCUT2D eigenvalue weighted by molar-refractivity contribution is -0.147. The lowest BCUT2D eigenvalue weighted by Crippen LogP contribution is -2.62. The van der Waals surface area contributed by atoms with Crippen molar-refractivity contribution in [2.24, 2.45) is 11.3 Å². The monoisotopic (exact) mass is 962 g/mol. The van der Waals surface area contributed by atoms with E-state index >= 15 is 0 Å². The number of carbonyl (C=O) groups is 10. The molecular weight excluding hydrogens is 902 g/mol. The molecule has 2 aromatic carbocycles. The molecule has 0 fully saturated rings. The van der Waals surface area contributed by atoms with Crippen molar-refractivity contribution in [3.8, 4) is 0 Å². The third-order valence-corrected chi connectivity index (χ3v) is 10.1. The van der Waals surface area contributed by atoms with Gasteiger partial charge in [0.1, 0.15) is 43.1 Å². The van der Waals surface area contributed by atoms with Crippen LogP contribution in [0.25, 0.3) is 0 Å². The van der Waals surface area contributed by atoms with Gasteiger partial charge in [-0.25, -0.2) is 0 Å². The molecule has 8 N–H and O–H groups in total. The first kappa shape index (κ1) is 57.3. The Balaban J connectivity index is 2.53. The number of hydrogen-bond acceptors (Lipinski definition) is 11. The highest BCUT2D eigenvalue weighted by Gasteiger charge is 2.39. The Hall–Kier alpha value is -6.87. The molecule has 0 aliphatic carbocycles. The Morgan fingerprint density at radius 3 is 1.78 bits per heavy atom. The number of rotatable bonds is 27. The SMILES string of the molecule is Cc1ccccc1C[C@H](NC(=O)[C@H](CCC(=O)OCc1ccccc1)NC(=O)[C@H](CC(=O)O)NC(=O)CCC(=O)O)C(=O)N[C@H](C(=O)N[C@@H](CC(C)C)C(=O)NC(C=O)CC(F)(F)F)C(C)(C)C. The van der Waals surface area contributed by atoms with E-state index in [9.17, 15) is 66.2 Å². The molecule has 0 saturated heterocycles. The number of aliphatic carboxylic acids is 2. The van der Waals surface area contributed by atoms with E-state index in [4.69, 9.17) is 9.84 Å². The van der Waals surface area contributed by atoms with Gasteiger partial charge in [0.05, 0.1) is 25.3 Å². The summed E-state index contributed by atoms with van der Waals surface area (Å²) in [5.74, 6) is -10.3. The normalized spacial score (nSPS) is 14.1. The minimum absolute atomic E-state index is 0.0776. The van der Waals surface area contributed by atoms with Crippen molar-refractivity contribution in [2.75, 3.05) is 0 Å². The fourth-order valence-corrected chi connectivity index (χ4v) is 6.57. The van der Waals surface area contributed by atoms with Crippen LogP contribution in [0.4, 0.5) is 13.2 Å². The average molecular weight is 963 g/mol. The zero-order chi connectivity index (χ0) is 51.4. The summed E-state index contributed by atoms with van der Waals surface area (Å²) >= 11 is 0. The van der Waals surface area contributed by atoms with Crippen molar-refractivity contribution in [1.29, 1.82) is 0 Å². The van der Waals surface area contributed by atoms with E-state index in [1.54, 1.807) is 96.1 Å². The Morgan fingerprint density at radius 1 is 0.662 bits per heavy atom. The van der Waals surface area contributed by atoms with Gasteiger partial charge >= 0.3 is 24.1 Å². The van der Waals surface area contributed by atoms with Gasteiger partial charge < -0.3 is 51.6 Å². The largest absolute Gasteiger partial charge is 0.481 e. The topological polar surface area (TPSA) is 293 Å². The quantitative estimate of drug-likeness (QED) is 0.0473. The summed E-state index contributed by atoms with van der Waals surface area (Å²) in [5, 5.41) is 32.6. The molecule has 2 aromatic rings. The van der Waals surface area contributed by atoms with Crippen LogP contribution >= 0.6 is 0 Å². The second-order valence-corrected chi connectivity index (χ2v) is 17.6. The number of nitrogens with one attached hydrogen (secondary N) is 6. The molecule has 1 unspecified atom stereocenters. The molecule has 0 bridgehead atoms. The Kier molecular flexibility index (Phi) is 22.8. The highest BCUT2D eigenvalue weighted by molar-refractivity contribution is 5.98. The minimum atomic E-state index is -4.80. The maximum Gasteiger partial charge on any atom is 0.391 e. The van der Waals surface area contributed by atoms with Gasteiger partial charge in [0.25, 0.3) is 0 Å². The van der Waals surface area contributed by atoms with Crippen molar-refractivity contribution in [2.45, 2.75) is 142 Å². The van der Waals surface area contributed by atoms with Crippen LogP contribution in [0.15, 0.2) is 54.6 Å². The van der Waals surface area contributed by atoms with Crippen molar-refractivity contribution in [3.63, 3.8) is 0 Å². The molecule has 0 aliphatic rings. The average Bonchev–Trinajstić information content (AvgIpc) is 3.24. The molecule has 0 aliphatic heterocycles. The van der Waals surface area contributed by atoms with Crippen LogP contribution in [0, 0.1) is 18.3 Å². The van der Waals surface area contributed by atoms with Gasteiger partial charge in [0.2, 0.25) is 35.4 Å². The van der Waals surface area contributed by atoms with Crippen LogP contribution in [0.2, 0.25) is 0 Å². The van der Waals surface area contributed by atoms with E-state index in [0.29, 0.717) is 16.7 Å². The number of alkyl halides is 3. The molecule has 22 heteroatoms. The highest BCUT2D eigenvalue weighted by atomic mass is 19.4. The molecule has 0 aromatic heterocycles. The van der Waals surface area contributed by atoms with E-state index in [2.05, 4.69) is 26.6 Å². The smallest absolute Gasteiger partial charge is 0.391 e. The van der Waals surface area contributed by atoms with Gasteiger partial charge in [0, 0.05) is 19.3 Å². The first-order chi connectivity index (χ1) is 31.7. The summed E-state index contributed by atoms with van der Waals surface area (Å²) in [7, 11) is 0. The van der Waals surface area contributed by atoms with Crippen LogP contribution in [-0.4, -0.2) is 112 Å². The van der Waals surface area contributed by atoms with Gasteiger partial charge in [-0.2, -0.15) is 13.2 Å². The van der Waals surface area contributed by atoms with Crippen LogP contribution in [0.3, 0.4) is 0 Å². The number of esters is 1. The zero-order valence-electron chi connectivity index (χ0n) is 38.7. The fourth-order valence-electron chi connectivity index (χ4n) is 6.57. The van der Waals surface area contributed by atoms with Crippen molar-refractivity contribution < 1.29 is 76.1 Å². The first-order valence-corrected chi connectivity index (χ1v) is 21.7. The lowest BCUT2D eigenvalue weighted by atomic mass is 9.85. The van der Waals surface area contributed by atoms with Crippen LogP contribution in [-0.2, 0) is 65.7 Å². The van der Waals surface area contributed by atoms with Crippen LogP contribution < -0.4 is 31.9 Å². The Bertz CT molecular complexity index is 2100. The van der Waals surface area contributed by atoms with Gasteiger partial charge in [0.15, 0.2) is 0 Å². The maximum absolute atomic E-state index is 14.4. The molecule has 2 rings (SSSR count). The highest BCUT2D eigenvalue weighted by Crippen LogP contribution is 2.23. The minimum Gasteiger partial charge on any atom is -0.481 e. The zero-order valence-corrected chi connectivity index (χ0v) is 38.7. The predicted octanol–water partition coefficient (Wildman–Crippen LogP) is 2.55. The van der Waals surface area contributed by atoms with E-state index in [1.165, 1.54) is 0 Å². The third kappa shape index (κ3) is 21.6. The fraction of sp³-hybridized carbons (Fsp3) is 0.522. The van der Waals surface area contributed by atoms with Crippen LogP contribution in [0.5, 0.6) is 0 Å². The summed E-state index contributed by atoms with van der Waals surface area (Å²) in [6.07, 6.45) is -10.1. The number of amides is 6. The lowest BCUT2D eigenvalue weighted by Gasteiger charge is -2.34. The van der Waals surface area contributed by atoms with Gasteiger partial charge in [-0.15, -0.1) is 0 Å². The number of carboxylic acid groups (broad SMARTS) is 2. The molecule has 6 atom stereocenters. The summed E-state index contributed by atoms with van der Waals surface area (Å²) in [5.41, 5.74) is 0.713. The number of carbonyl (C=O) groups excluding carboxylic acids is 8. The molecule has 0 radical (unpaired) electrons. The number of aldehydes is 1. The van der Waals surface area contributed by atoms with E-state index in [1.807, 2.05) is 5.32 Å². The van der Waals surface area contributed by atoms with E-state index in [0.717, 1.165) is 0 Å². The summed E-state index contributed by atoms with van der Waals surface area (Å²) < 4.78 is 44.6. The maximum atomic E-state index is 14.4. The molecule has 6 amide bonds. The second-order valence-electron chi connectivity index (χ2n) is 17.6. The molecule has 0 spiro atoms. The molecule has 0 heterocycles. The standard InChI is InChI=1S/C46H61F3N6O13/c1-26(2)20-32(41(64)50-30(24-56)23-46(47,48)49)54-44(67)39(45(4,5)6)55-43(66)33(21-29-15-11-10-12-27(29)3)53-40(63)31(16-19-38(62)68-25-28-13-8-7-9-14-28)52-42(65)34(22-37(60)61)51-35(57)17-18-36(58)59/h7-15,24,26,30-34,39H,16-23,25H2,1-6H3,(H,50,64)(H,51,57)(H,52,65)(H,53,63)(H,54,67)(H,55,66)(H,58,59)(H,60,61)/t30?,31-,32-,33-,34-,39+/m0/s1. The van der Waals surface area contributed by atoms with Crippen molar-refractivity contribution in [3.05, 3.63) is 71.3 Å². The number of aryl methyl sites for hydroxylation is 1. The summed E-state index contributed by atoms with van der Waals surface area (Å²) in [6, 6.07) is 5.32. The third-order valence-electron chi connectivity index (χ3n) is 10.1. The number of hydrogen-bond donors (Lipinski definition) is 8. The number of benzene rings is 2. The second kappa shape index (κ2) is 27.1. The van der Waals surface area contributed by atoms with E-state index < -0.39 is 140 Å². The van der Waals surface area contributed by atoms with Gasteiger partial charge in [-0.3, -0.25) is 43.2 Å². The predicted molar refractivity (Wildman–Crippen MR) is 237 cm³/mol. The molecule has 19 nitrogen and oxygen atoms in total. The number of halogens is 3. The molecule has 68 heavy (non-hydrogen) atoms. The van der Waals surface area contributed by atoms with Crippen molar-refractivity contribution in [1.82, 2.24) is 31.9 Å². The number of carboxylic acids is 2. The summed E-state index contributed by atoms with van der Waals surface area (Å²) in [4.78, 5) is 129. The molecule has 0 saturated carbocycles. The molecular formula is C46H61F3N6O13. The van der Waals surface area contributed by atoms with Gasteiger partial charge in [-0.1, -0.05) is 89.2 Å². The molecule has 374 valence electrons. The van der Waals surface area contributed by atoms with E-state index in [-0.39, 0.29) is 31.7 Å². The van der Waals surface area contributed by atoms with Gasteiger partial charge in [-0.05, 0) is 47.8 Å². The number of ether oxygens (including phenoxy) is 1. The first-order valence-electron chi connectivity index (χ1n) is 21.7. The Morgan fingerprint density at radius 2 is 1.22 bits per heavy atom. The van der Waals surface area contributed by atoms with Crippen LogP contribution in [0.1, 0.15) is 96.3 Å². The summed E-state index contributed by atoms with van der Waals surface area (Å²) in [6.45, 7) is 9.61.